The van der Waals surface area contributed by atoms with E-state index in [0.717, 1.165) is 0 Å². The molecule has 0 atom stereocenters. The van der Waals surface area contributed by atoms with Gasteiger partial charge in [0.05, 0.1) is 19.3 Å². The van der Waals surface area contributed by atoms with Gasteiger partial charge in [-0.3, -0.25) is 4.79 Å². The van der Waals surface area contributed by atoms with Crippen LogP contribution >= 0.6 is 11.6 Å². The zero-order chi connectivity index (χ0) is 17.5. The predicted molar refractivity (Wildman–Crippen MR) is 91.2 cm³/mol. The summed E-state index contributed by atoms with van der Waals surface area (Å²) >= 11 is 5.96. The maximum atomic E-state index is 12.7. The highest BCUT2D eigenvalue weighted by atomic mass is 35.5. The number of hydrogen-bond acceptors (Lipinski definition) is 5. The van der Waals surface area contributed by atoms with Crippen LogP contribution < -0.4 is 4.74 Å². The highest BCUT2D eigenvalue weighted by Crippen LogP contribution is 2.20. The van der Waals surface area contributed by atoms with Crippen molar-refractivity contribution in [3.63, 3.8) is 0 Å². The van der Waals surface area contributed by atoms with Gasteiger partial charge in [0.2, 0.25) is 5.78 Å². The molecule has 2 aromatic rings. The number of methoxy groups -OCH3 is 1. The zero-order valence-corrected chi connectivity index (χ0v) is 14.0. The van der Waals surface area contributed by atoms with E-state index in [1.54, 1.807) is 44.4 Å². The van der Waals surface area contributed by atoms with E-state index < -0.39 is 11.8 Å². The van der Waals surface area contributed by atoms with Crippen molar-refractivity contribution in [3.8, 4) is 5.75 Å². The van der Waals surface area contributed by atoms with E-state index in [4.69, 9.17) is 21.1 Å². The lowest BCUT2D eigenvalue weighted by atomic mass is 10.0. The SMILES string of the molecule is CCOC(=O)/C(=C/c1ccc(OC)cc1)C(=O)c1cccnc1Cl. The Hall–Kier alpha value is -2.66. The number of rotatable bonds is 6. The number of ether oxygens (including phenoxy) is 2. The van der Waals surface area contributed by atoms with Crippen LogP contribution in [0.25, 0.3) is 6.08 Å². The quantitative estimate of drug-likeness (QED) is 0.200. The Balaban J connectivity index is 2.44. The van der Waals surface area contributed by atoms with Crippen LogP contribution in [-0.2, 0) is 9.53 Å². The van der Waals surface area contributed by atoms with Gasteiger partial charge >= 0.3 is 5.97 Å². The number of nitrogens with zero attached hydrogens (tertiary/aromatic N) is 1. The molecule has 0 saturated heterocycles. The third kappa shape index (κ3) is 4.20. The molecule has 1 aromatic carbocycles. The van der Waals surface area contributed by atoms with Gasteiger partial charge in [-0.05, 0) is 42.8 Å². The molecule has 0 amide bonds. The molecule has 124 valence electrons. The second kappa shape index (κ2) is 8.26. The maximum absolute atomic E-state index is 12.7. The van der Waals surface area contributed by atoms with E-state index in [0.29, 0.717) is 11.3 Å². The predicted octanol–water partition coefficient (Wildman–Crippen LogP) is 3.57. The summed E-state index contributed by atoms with van der Waals surface area (Å²) in [7, 11) is 1.56. The zero-order valence-electron chi connectivity index (χ0n) is 13.3. The lowest BCUT2D eigenvalue weighted by Crippen LogP contribution is -2.16. The summed E-state index contributed by atoms with van der Waals surface area (Å²) < 4.78 is 10.1. The van der Waals surface area contributed by atoms with Gasteiger partial charge in [-0.1, -0.05) is 23.7 Å². The molecule has 6 heteroatoms. The summed E-state index contributed by atoms with van der Waals surface area (Å²) in [6.07, 6.45) is 2.93. The molecule has 0 aliphatic carbocycles. The van der Waals surface area contributed by atoms with Crippen molar-refractivity contribution in [1.82, 2.24) is 4.98 Å². The highest BCUT2D eigenvalue weighted by Gasteiger charge is 2.23. The van der Waals surface area contributed by atoms with E-state index in [-0.39, 0.29) is 22.9 Å². The fraction of sp³-hybridized carbons (Fsp3) is 0.167. The Morgan fingerprint density at radius 3 is 2.50 bits per heavy atom. The summed E-state index contributed by atoms with van der Waals surface area (Å²) in [5.74, 6) is -0.577. The first kappa shape index (κ1) is 17.7. The lowest BCUT2D eigenvalue weighted by molar-refractivity contribution is -0.137. The van der Waals surface area contributed by atoms with Crippen LogP contribution in [0.2, 0.25) is 5.15 Å². The van der Waals surface area contributed by atoms with Gasteiger partial charge in [-0.25, -0.2) is 9.78 Å². The Kier molecular flexibility index (Phi) is 6.09. The summed E-state index contributed by atoms with van der Waals surface area (Å²) in [6, 6.07) is 10.0. The van der Waals surface area contributed by atoms with Crippen LogP contribution in [0.5, 0.6) is 5.75 Å². The molecule has 0 unspecified atom stereocenters. The number of Topliss-reactive ketones (excluding diaryl/α,β-unsaturated/α-hetero) is 1. The largest absolute Gasteiger partial charge is 0.497 e. The molecule has 5 nitrogen and oxygen atoms in total. The smallest absolute Gasteiger partial charge is 0.342 e. The van der Waals surface area contributed by atoms with Gasteiger partial charge in [0.25, 0.3) is 0 Å². The normalized spacial score (nSPS) is 11.0. The van der Waals surface area contributed by atoms with Gasteiger partial charge in [-0.15, -0.1) is 0 Å². The standard InChI is InChI=1S/C18H16ClNO4/c1-3-24-18(22)15(11-12-6-8-13(23-2)9-7-12)16(21)14-5-4-10-20-17(14)19/h4-11H,3H2,1-2H3/b15-11+. The fourth-order valence-corrected chi connectivity index (χ4v) is 2.20. The molecule has 0 radical (unpaired) electrons. The summed E-state index contributed by atoms with van der Waals surface area (Å²) in [4.78, 5) is 28.8. The number of hydrogen-bond donors (Lipinski definition) is 0. The van der Waals surface area contributed by atoms with Crippen molar-refractivity contribution < 1.29 is 19.1 Å². The number of carbonyl (C=O) groups is 2. The van der Waals surface area contributed by atoms with Crippen molar-refractivity contribution in [1.29, 1.82) is 0 Å². The number of ketones is 1. The van der Waals surface area contributed by atoms with E-state index in [1.165, 1.54) is 18.3 Å². The molecular weight excluding hydrogens is 330 g/mol. The van der Waals surface area contributed by atoms with Crippen LogP contribution in [0.15, 0.2) is 48.2 Å². The molecule has 2 rings (SSSR count). The molecule has 0 saturated carbocycles. The molecule has 0 bridgehead atoms. The average Bonchev–Trinajstić information content (AvgIpc) is 2.60. The van der Waals surface area contributed by atoms with Crippen molar-refractivity contribution in [2.24, 2.45) is 0 Å². The molecule has 0 fully saturated rings. The minimum Gasteiger partial charge on any atom is -0.497 e. The molecule has 1 aromatic heterocycles. The van der Waals surface area contributed by atoms with Gasteiger partial charge in [0.15, 0.2) is 0 Å². The molecule has 0 aliphatic rings. The third-order valence-electron chi connectivity index (χ3n) is 3.17. The molecule has 0 spiro atoms. The van der Waals surface area contributed by atoms with Crippen molar-refractivity contribution in [3.05, 3.63) is 64.4 Å². The molecule has 0 N–H and O–H groups in total. The highest BCUT2D eigenvalue weighted by molar-refractivity contribution is 6.36. The van der Waals surface area contributed by atoms with Crippen molar-refractivity contribution in [2.45, 2.75) is 6.92 Å². The summed E-state index contributed by atoms with van der Waals surface area (Å²) in [5.41, 5.74) is 0.691. The Bertz CT molecular complexity index is 769. The monoisotopic (exact) mass is 345 g/mol. The topological polar surface area (TPSA) is 65.5 Å². The van der Waals surface area contributed by atoms with Gasteiger partial charge in [0.1, 0.15) is 16.5 Å². The van der Waals surface area contributed by atoms with Crippen molar-refractivity contribution >= 4 is 29.4 Å². The van der Waals surface area contributed by atoms with E-state index in [2.05, 4.69) is 4.98 Å². The number of carbonyl (C=O) groups excluding carboxylic acids is 2. The third-order valence-corrected chi connectivity index (χ3v) is 3.47. The molecule has 24 heavy (non-hydrogen) atoms. The Labute approximate surface area is 144 Å². The Morgan fingerprint density at radius 1 is 1.21 bits per heavy atom. The van der Waals surface area contributed by atoms with Crippen LogP contribution in [-0.4, -0.2) is 30.5 Å². The van der Waals surface area contributed by atoms with Crippen LogP contribution in [0.3, 0.4) is 0 Å². The maximum Gasteiger partial charge on any atom is 0.342 e. The minimum absolute atomic E-state index is 0.0347. The van der Waals surface area contributed by atoms with Crippen LogP contribution in [0.4, 0.5) is 0 Å². The molecule has 1 heterocycles. The van der Waals surface area contributed by atoms with Gasteiger partial charge in [0, 0.05) is 6.20 Å². The first-order chi connectivity index (χ1) is 11.6. The second-order valence-electron chi connectivity index (χ2n) is 4.72. The number of aromatic nitrogens is 1. The van der Waals surface area contributed by atoms with Crippen LogP contribution in [0, 0.1) is 0 Å². The number of halogens is 1. The number of pyridine rings is 1. The Morgan fingerprint density at radius 2 is 1.92 bits per heavy atom. The number of esters is 1. The van der Waals surface area contributed by atoms with Crippen LogP contribution in [0.1, 0.15) is 22.8 Å². The first-order valence-electron chi connectivity index (χ1n) is 7.25. The van der Waals surface area contributed by atoms with Gasteiger partial charge < -0.3 is 9.47 Å². The van der Waals surface area contributed by atoms with E-state index >= 15 is 0 Å². The second-order valence-corrected chi connectivity index (χ2v) is 5.08. The summed E-state index contributed by atoms with van der Waals surface area (Å²) in [5, 5.41) is 0.0347. The average molecular weight is 346 g/mol. The minimum atomic E-state index is -0.710. The van der Waals surface area contributed by atoms with Gasteiger partial charge in [-0.2, -0.15) is 0 Å². The summed E-state index contributed by atoms with van der Waals surface area (Å²) in [6.45, 7) is 1.83. The number of benzene rings is 1. The fourth-order valence-electron chi connectivity index (χ4n) is 1.99. The molecular formula is C18H16ClNO4. The van der Waals surface area contributed by atoms with E-state index in [9.17, 15) is 9.59 Å². The first-order valence-corrected chi connectivity index (χ1v) is 7.62. The van der Waals surface area contributed by atoms with E-state index in [1.807, 2.05) is 0 Å². The van der Waals surface area contributed by atoms with Crippen molar-refractivity contribution in [2.75, 3.05) is 13.7 Å². The lowest BCUT2D eigenvalue weighted by Gasteiger charge is -2.08. The molecule has 0 aliphatic heterocycles.